The number of hydrogen-bond donors (Lipinski definition) is 2. The van der Waals surface area contributed by atoms with Crippen molar-refractivity contribution in [2.75, 3.05) is 6.54 Å². The van der Waals surface area contributed by atoms with Gasteiger partial charge in [0.15, 0.2) is 0 Å². The highest BCUT2D eigenvalue weighted by molar-refractivity contribution is 5.45. The Morgan fingerprint density at radius 1 is 1.06 bits per heavy atom. The minimum Gasteiger partial charge on any atom is -0.387 e. The van der Waals surface area contributed by atoms with Gasteiger partial charge < -0.3 is 10.4 Å². The van der Waals surface area contributed by atoms with Crippen LogP contribution in [0.15, 0.2) is 6.07 Å². The van der Waals surface area contributed by atoms with Crippen LogP contribution in [0.25, 0.3) is 0 Å². The molecule has 0 bridgehead atoms. The summed E-state index contributed by atoms with van der Waals surface area (Å²) in [5, 5.41) is 13.6. The molecule has 0 saturated carbocycles. The Kier molecular flexibility index (Phi) is 4.72. The van der Waals surface area contributed by atoms with Crippen LogP contribution in [0.3, 0.4) is 0 Å². The van der Waals surface area contributed by atoms with Gasteiger partial charge in [0, 0.05) is 12.6 Å². The first-order chi connectivity index (χ1) is 7.84. The minimum atomic E-state index is -0.420. The number of nitrogens with one attached hydrogen (secondary N) is 1. The van der Waals surface area contributed by atoms with Gasteiger partial charge >= 0.3 is 0 Å². The molecular formula is C15H25NO. The van der Waals surface area contributed by atoms with E-state index in [1.54, 1.807) is 0 Å². The third-order valence-electron chi connectivity index (χ3n) is 3.48. The maximum atomic E-state index is 10.3. The molecule has 0 spiro atoms. The van der Waals surface area contributed by atoms with Crippen LogP contribution < -0.4 is 5.32 Å². The van der Waals surface area contributed by atoms with Crippen molar-refractivity contribution >= 4 is 0 Å². The lowest BCUT2D eigenvalue weighted by Crippen LogP contribution is -2.28. The van der Waals surface area contributed by atoms with Crippen molar-refractivity contribution in [3.63, 3.8) is 0 Å². The third-order valence-corrected chi connectivity index (χ3v) is 3.48. The van der Waals surface area contributed by atoms with E-state index in [-0.39, 0.29) is 0 Å². The number of aliphatic hydroxyl groups excluding tert-OH is 1. The van der Waals surface area contributed by atoms with Crippen LogP contribution in [0.5, 0.6) is 0 Å². The summed E-state index contributed by atoms with van der Waals surface area (Å²) in [6.45, 7) is 13.2. The summed E-state index contributed by atoms with van der Waals surface area (Å²) in [4.78, 5) is 0. The van der Waals surface area contributed by atoms with Gasteiger partial charge in [0.25, 0.3) is 0 Å². The predicted octanol–water partition coefficient (Wildman–Crippen LogP) is 2.95. The molecule has 96 valence electrons. The zero-order valence-electron chi connectivity index (χ0n) is 11.9. The molecule has 0 heterocycles. The van der Waals surface area contributed by atoms with Gasteiger partial charge in [0.05, 0.1) is 6.10 Å². The van der Waals surface area contributed by atoms with E-state index in [0.29, 0.717) is 12.6 Å². The number of hydrogen-bond acceptors (Lipinski definition) is 2. The van der Waals surface area contributed by atoms with E-state index in [4.69, 9.17) is 0 Å². The second-order valence-corrected chi connectivity index (χ2v) is 5.25. The van der Waals surface area contributed by atoms with Crippen molar-refractivity contribution < 1.29 is 5.11 Å². The summed E-state index contributed by atoms with van der Waals surface area (Å²) < 4.78 is 0. The van der Waals surface area contributed by atoms with Gasteiger partial charge in [-0.25, -0.2) is 0 Å². The Balaban J connectivity index is 3.03. The number of rotatable bonds is 4. The highest BCUT2D eigenvalue weighted by Crippen LogP contribution is 2.27. The van der Waals surface area contributed by atoms with Gasteiger partial charge in [-0.2, -0.15) is 0 Å². The Morgan fingerprint density at radius 3 is 1.94 bits per heavy atom. The molecule has 0 radical (unpaired) electrons. The Labute approximate surface area is 105 Å². The van der Waals surface area contributed by atoms with Crippen molar-refractivity contribution in [2.24, 2.45) is 0 Å². The summed E-state index contributed by atoms with van der Waals surface area (Å²) >= 11 is 0. The lowest BCUT2D eigenvalue weighted by atomic mass is 9.91. The summed E-state index contributed by atoms with van der Waals surface area (Å²) in [6.07, 6.45) is -0.420. The molecule has 1 unspecified atom stereocenters. The van der Waals surface area contributed by atoms with E-state index in [9.17, 15) is 5.11 Å². The first-order valence-corrected chi connectivity index (χ1v) is 6.33. The molecule has 1 atom stereocenters. The largest absolute Gasteiger partial charge is 0.387 e. The molecule has 1 aromatic carbocycles. The van der Waals surface area contributed by atoms with Crippen LogP contribution in [0.4, 0.5) is 0 Å². The molecule has 2 N–H and O–H groups in total. The fourth-order valence-electron chi connectivity index (χ4n) is 2.20. The zero-order chi connectivity index (χ0) is 13.2. The third kappa shape index (κ3) is 3.30. The molecule has 0 fully saturated rings. The zero-order valence-corrected chi connectivity index (χ0v) is 11.9. The highest BCUT2D eigenvalue weighted by atomic mass is 16.3. The minimum absolute atomic E-state index is 0.399. The molecule has 2 heteroatoms. The maximum absolute atomic E-state index is 10.3. The van der Waals surface area contributed by atoms with Crippen molar-refractivity contribution in [1.82, 2.24) is 5.32 Å². The Morgan fingerprint density at radius 2 is 1.53 bits per heavy atom. The maximum Gasteiger partial charge on any atom is 0.0919 e. The molecule has 0 aromatic heterocycles. The standard InChI is InChI=1S/C15H25NO/c1-9(2)16-8-14(17)15-12(5)10(3)7-11(4)13(15)6/h7,9,14,16-17H,8H2,1-6H3. The Hall–Kier alpha value is -0.860. The molecule has 17 heavy (non-hydrogen) atoms. The van der Waals surface area contributed by atoms with Crippen LogP contribution >= 0.6 is 0 Å². The van der Waals surface area contributed by atoms with E-state index in [0.717, 1.165) is 5.56 Å². The SMILES string of the molecule is Cc1cc(C)c(C)c(C(O)CNC(C)C)c1C. The molecule has 0 aliphatic heterocycles. The molecule has 1 rings (SSSR count). The molecule has 0 amide bonds. The van der Waals surface area contributed by atoms with Gasteiger partial charge in [0.2, 0.25) is 0 Å². The van der Waals surface area contributed by atoms with Crippen molar-refractivity contribution in [1.29, 1.82) is 0 Å². The van der Waals surface area contributed by atoms with Crippen molar-refractivity contribution in [2.45, 2.75) is 53.7 Å². The molecule has 1 aromatic rings. The molecular weight excluding hydrogens is 210 g/mol. The van der Waals surface area contributed by atoms with Gasteiger partial charge in [0.1, 0.15) is 0 Å². The fraction of sp³-hybridized carbons (Fsp3) is 0.600. The van der Waals surface area contributed by atoms with Crippen molar-refractivity contribution in [3.8, 4) is 0 Å². The van der Waals surface area contributed by atoms with Gasteiger partial charge in [-0.15, -0.1) is 0 Å². The van der Waals surface area contributed by atoms with Crippen molar-refractivity contribution in [3.05, 3.63) is 33.9 Å². The second kappa shape index (κ2) is 5.65. The van der Waals surface area contributed by atoms with Crippen LogP contribution in [-0.2, 0) is 0 Å². The van der Waals surface area contributed by atoms with E-state index in [1.165, 1.54) is 22.3 Å². The Bertz CT molecular complexity index is 370. The summed E-state index contributed by atoms with van der Waals surface area (Å²) in [5.74, 6) is 0. The predicted molar refractivity (Wildman–Crippen MR) is 73.5 cm³/mol. The quantitative estimate of drug-likeness (QED) is 0.841. The first kappa shape index (κ1) is 14.2. The van der Waals surface area contributed by atoms with Crippen LogP contribution in [0.1, 0.15) is 47.8 Å². The lowest BCUT2D eigenvalue weighted by Gasteiger charge is -2.21. The number of aliphatic hydroxyl groups is 1. The van der Waals surface area contributed by atoms with Gasteiger partial charge in [-0.1, -0.05) is 19.9 Å². The van der Waals surface area contributed by atoms with Crippen LogP contribution in [-0.4, -0.2) is 17.7 Å². The first-order valence-electron chi connectivity index (χ1n) is 6.33. The lowest BCUT2D eigenvalue weighted by molar-refractivity contribution is 0.170. The number of benzene rings is 1. The van der Waals surface area contributed by atoms with E-state index in [1.807, 2.05) is 0 Å². The normalized spacial score (nSPS) is 13.2. The average Bonchev–Trinajstić information content (AvgIpc) is 2.24. The summed E-state index contributed by atoms with van der Waals surface area (Å²) in [5.41, 5.74) is 6.03. The molecule has 0 saturated heterocycles. The summed E-state index contributed by atoms with van der Waals surface area (Å²) in [6, 6.07) is 2.59. The highest BCUT2D eigenvalue weighted by Gasteiger charge is 2.16. The van der Waals surface area contributed by atoms with Gasteiger partial charge in [-0.05, 0) is 55.5 Å². The van der Waals surface area contributed by atoms with E-state index >= 15 is 0 Å². The topological polar surface area (TPSA) is 32.3 Å². The number of aryl methyl sites for hydroxylation is 2. The average molecular weight is 235 g/mol. The van der Waals surface area contributed by atoms with E-state index in [2.05, 4.69) is 52.9 Å². The fourth-order valence-corrected chi connectivity index (χ4v) is 2.20. The molecule has 0 aliphatic rings. The molecule has 0 aliphatic carbocycles. The monoisotopic (exact) mass is 235 g/mol. The van der Waals surface area contributed by atoms with Crippen LogP contribution in [0.2, 0.25) is 0 Å². The van der Waals surface area contributed by atoms with E-state index < -0.39 is 6.10 Å². The second-order valence-electron chi connectivity index (χ2n) is 5.25. The summed E-state index contributed by atoms with van der Waals surface area (Å²) in [7, 11) is 0. The van der Waals surface area contributed by atoms with Gasteiger partial charge in [-0.3, -0.25) is 0 Å². The molecule has 2 nitrogen and oxygen atoms in total. The van der Waals surface area contributed by atoms with Crippen LogP contribution in [0, 0.1) is 27.7 Å². The smallest absolute Gasteiger partial charge is 0.0919 e.